The third-order valence-corrected chi connectivity index (χ3v) is 5.65. The molecule has 2 heterocycles. The van der Waals surface area contributed by atoms with Gasteiger partial charge in [0.1, 0.15) is 11.5 Å². The van der Waals surface area contributed by atoms with Crippen LogP contribution in [0.2, 0.25) is 0 Å². The van der Waals surface area contributed by atoms with Crippen LogP contribution < -0.4 is 15.1 Å². The average Bonchev–Trinajstić information content (AvgIpc) is 3.49. The quantitative estimate of drug-likeness (QED) is 0.785. The summed E-state index contributed by atoms with van der Waals surface area (Å²) in [6.07, 6.45) is 1.11. The lowest BCUT2D eigenvalue weighted by Crippen LogP contribution is -2.49. The van der Waals surface area contributed by atoms with Crippen LogP contribution in [-0.4, -0.2) is 52.9 Å². The van der Waals surface area contributed by atoms with E-state index in [1.807, 2.05) is 0 Å². The number of fused-ring (bicyclic) bond motifs is 1. The standard InChI is InChI=1S/C20H23F2N3O4/c1-11(2)23-5-7-24(8-6-23)18-14(21)9-13-17(16(18)22)25(12-3-4-12)10-15(19(13)26)29-20(27)28/h9-12H,3-8H2,1-2H3,(H,27,28). The maximum absolute atomic E-state index is 15.6. The number of hydrogen-bond donors (Lipinski definition) is 1. The van der Waals surface area contributed by atoms with Crippen LogP contribution in [-0.2, 0) is 0 Å². The molecule has 1 N–H and O–H groups in total. The van der Waals surface area contributed by atoms with Crippen LogP contribution >= 0.6 is 0 Å². The molecule has 1 aliphatic heterocycles. The number of hydrogen-bond acceptors (Lipinski definition) is 5. The van der Waals surface area contributed by atoms with Crippen molar-refractivity contribution in [3.8, 4) is 5.75 Å². The fraction of sp³-hybridized carbons (Fsp3) is 0.500. The molecule has 1 aromatic heterocycles. The first-order chi connectivity index (χ1) is 13.8. The number of halogens is 2. The molecule has 0 unspecified atom stereocenters. The molecule has 0 radical (unpaired) electrons. The number of carboxylic acid groups (broad SMARTS) is 1. The molecule has 0 amide bonds. The Bertz CT molecular complexity index is 1020. The van der Waals surface area contributed by atoms with E-state index >= 15 is 4.39 Å². The SMILES string of the molecule is CC(C)N1CCN(c2c(F)cc3c(=O)c(OC(=O)O)cn(C4CC4)c3c2F)CC1. The van der Waals surface area contributed by atoms with Crippen LogP contribution in [0.15, 0.2) is 17.1 Å². The fourth-order valence-corrected chi connectivity index (χ4v) is 3.97. The van der Waals surface area contributed by atoms with Gasteiger partial charge < -0.3 is 19.3 Å². The van der Waals surface area contributed by atoms with E-state index in [9.17, 15) is 14.0 Å². The molecule has 0 bridgehead atoms. The number of nitrogens with zero attached hydrogens (tertiary/aromatic N) is 3. The molecule has 0 atom stereocenters. The average molecular weight is 407 g/mol. The minimum absolute atomic E-state index is 0.00192. The Morgan fingerprint density at radius 1 is 1.21 bits per heavy atom. The summed E-state index contributed by atoms with van der Waals surface area (Å²) >= 11 is 0. The van der Waals surface area contributed by atoms with E-state index in [0.29, 0.717) is 32.2 Å². The van der Waals surface area contributed by atoms with E-state index < -0.39 is 29.0 Å². The molecule has 0 spiro atoms. The molecular formula is C20H23F2N3O4. The summed E-state index contributed by atoms with van der Waals surface area (Å²) in [5.74, 6) is -2.07. The van der Waals surface area contributed by atoms with E-state index in [0.717, 1.165) is 18.9 Å². The van der Waals surface area contributed by atoms with E-state index in [-0.39, 0.29) is 22.6 Å². The van der Waals surface area contributed by atoms with E-state index in [4.69, 9.17) is 5.11 Å². The van der Waals surface area contributed by atoms with Gasteiger partial charge in [-0.25, -0.2) is 13.6 Å². The number of carbonyl (C=O) groups is 1. The smallest absolute Gasteiger partial charge is 0.449 e. The van der Waals surface area contributed by atoms with Crippen LogP contribution in [0, 0.1) is 11.6 Å². The van der Waals surface area contributed by atoms with Crippen LogP contribution in [0.1, 0.15) is 32.7 Å². The Morgan fingerprint density at radius 3 is 2.41 bits per heavy atom. The number of ether oxygens (including phenoxy) is 1. The summed E-state index contributed by atoms with van der Waals surface area (Å²) in [5, 5.41) is 8.65. The minimum atomic E-state index is -1.65. The van der Waals surface area contributed by atoms with Crippen molar-refractivity contribution in [2.75, 3.05) is 31.1 Å². The van der Waals surface area contributed by atoms with Gasteiger partial charge in [-0.3, -0.25) is 9.69 Å². The monoisotopic (exact) mass is 407 g/mol. The predicted octanol–water partition coefficient (Wildman–Crippen LogP) is 3.20. The van der Waals surface area contributed by atoms with Crippen molar-refractivity contribution in [1.82, 2.24) is 9.47 Å². The summed E-state index contributed by atoms with van der Waals surface area (Å²) in [5.41, 5.74) is -0.979. The van der Waals surface area contributed by atoms with Gasteiger partial charge in [-0.15, -0.1) is 0 Å². The molecule has 2 aromatic rings. The number of anilines is 1. The largest absolute Gasteiger partial charge is 0.511 e. The van der Waals surface area contributed by atoms with Gasteiger partial charge in [-0.2, -0.15) is 0 Å². The zero-order chi connectivity index (χ0) is 20.9. The summed E-state index contributed by atoms with van der Waals surface area (Å²) in [7, 11) is 0. The van der Waals surface area contributed by atoms with Gasteiger partial charge in [-0.05, 0) is 32.8 Å². The Balaban J connectivity index is 1.83. The van der Waals surface area contributed by atoms with Crippen LogP contribution in [0.3, 0.4) is 0 Å². The Kier molecular flexibility index (Phi) is 4.94. The zero-order valence-electron chi connectivity index (χ0n) is 16.3. The molecule has 1 saturated carbocycles. The van der Waals surface area contributed by atoms with Crippen molar-refractivity contribution in [1.29, 1.82) is 0 Å². The first-order valence-electron chi connectivity index (χ1n) is 9.74. The van der Waals surface area contributed by atoms with Crippen LogP contribution in [0.5, 0.6) is 5.75 Å². The van der Waals surface area contributed by atoms with Gasteiger partial charge >= 0.3 is 6.16 Å². The number of piperazine rings is 1. The van der Waals surface area contributed by atoms with Gasteiger partial charge in [0.25, 0.3) is 0 Å². The van der Waals surface area contributed by atoms with Crippen LogP contribution in [0.4, 0.5) is 19.3 Å². The van der Waals surface area contributed by atoms with Crippen molar-refractivity contribution in [2.45, 2.75) is 38.8 Å². The van der Waals surface area contributed by atoms with Gasteiger partial charge in [-0.1, -0.05) is 0 Å². The van der Waals surface area contributed by atoms with E-state index in [1.54, 1.807) is 4.90 Å². The van der Waals surface area contributed by atoms with Crippen molar-refractivity contribution in [2.24, 2.45) is 0 Å². The molecule has 1 aromatic carbocycles. The normalized spacial score (nSPS) is 17.9. The Hall–Kier alpha value is -2.68. The second-order valence-corrected chi connectivity index (χ2v) is 7.86. The van der Waals surface area contributed by atoms with Gasteiger partial charge in [0.15, 0.2) is 11.6 Å². The second kappa shape index (κ2) is 7.29. The Labute approximate surface area is 166 Å². The molecule has 2 aliphatic rings. The van der Waals surface area contributed by atoms with Crippen molar-refractivity contribution in [3.05, 3.63) is 34.1 Å². The molecule has 1 saturated heterocycles. The summed E-state index contributed by atoms with van der Waals surface area (Å²) in [4.78, 5) is 27.4. The number of pyridine rings is 1. The highest BCUT2D eigenvalue weighted by Crippen LogP contribution is 2.40. The molecular weight excluding hydrogens is 384 g/mol. The Morgan fingerprint density at radius 2 is 1.86 bits per heavy atom. The fourth-order valence-electron chi connectivity index (χ4n) is 3.97. The maximum Gasteiger partial charge on any atom is 0.511 e. The lowest BCUT2D eigenvalue weighted by molar-refractivity contribution is 0.143. The zero-order valence-corrected chi connectivity index (χ0v) is 16.3. The summed E-state index contributed by atoms with van der Waals surface area (Å²) in [6.45, 7) is 6.50. The topological polar surface area (TPSA) is 75.0 Å². The molecule has 7 nitrogen and oxygen atoms in total. The van der Waals surface area contributed by atoms with E-state index in [1.165, 1.54) is 10.8 Å². The molecule has 156 valence electrons. The second-order valence-electron chi connectivity index (χ2n) is 7.86. The number of aromatic nitrogens is 1. The molecule has 2 fully saturated rings. The molecule has 4 rings (SSSR count). The van der Waals surface area contributed by atoms with E-state index in [2.05, 4.69) is 23.5 Å². The van der Waals surface area contributed by atoms with Crippen molar-refractivity contribution >= 4 is 22.7 Å². The summed E-state index contributed by atoms with van der Waals surface area (Å²) < 4.78 is 36.6. The first-order valence-corrected chi connectivity index (χ1v) is 9.74. The van der Waals surface area contributed by atoms with Gasteiger partial charge in [0, 0.05) is 38.3 Å². The van der Waals surface area contributed by atoms with Crippen molar-refractivity contribution < 1.29 is 23.4 Å². The van der Waals surface area contributed by atoms with Crippen molar-refractivity contribution in [3.63, 3.8) is 0 Å². The molecule has 9 heteroatoms. The molecule has 1 aliphatic carbocycles. The highest BCUT2D eigenvalue weighted by molar-refractivity contribution is 5.86. The summed E-state index contributed by atoms with van der Waals surface area (Å²) in [6, 6.07) is 1.29. The molecule has 29 heavy (non-hydrogen) atoms. The first kappa shape index (κ1) is 19.6. The minimum Gasteiger partial charge on any atom is -0.449 e. The number of rotatable bonds is 4. The highest BCUT2D eigenvalue weighted by atomic mass is 19.1. The number of benzene rings is 1. The predicted molar refractivity (Wildman–Crippen MR) is 104 cm³/mol. The van der Waals surface area contributed by atoms with Crippen LogP contribution in [0.25, 0.3) is 10.9 Å². The van der Waals surface area contributed by atoms with Gasteiger partial charge in [0.2, 0.25) is 5.43 Å². The third kappa shape index (κ3) is 3.55. The van der Waals surface area contributed by atoms with Gasteiger partial charge in [0.05, 0.1) is 17.1 Å². The lowest BCUT2D eigenvalue weighted by Gasteiger charge is -2.38. The maximum atomic E-state index is 15.6. The third-order valence-electron chi connectivity index (χ3n) is 5.65. The lowest BCUT2D eigenvalue weighted by atomic mass is 10.1. The highest BCUT2D eigenvalue weighted by Gasteiger charge is 2.31.